The molecule has 2 amide bonds. The first-order chi connectivity index (χ1) is 17.2. The zero-order chi connectivity index (χ0) is 27.7. The molecule has 4 atom stereocenters. The Kier molecular flexibility index (Phi) is 8.73. The van der Waals surface area contributed by atoms with Gasteiger partial charge >= 0.3 is 6.18 Å². The summed E-state index contributed by atoms with van der Waals surface area (Å²) in [6.45, 7) is 6.12. The molecule has 204 valence electrons. The fourth-order valence-electron chi connectivity index (χ4n) is 3.73. The second-order valence-electron chi connectivity index (χ2n) is 9.05. The number of nitrogens with zero attached hydrogens (tertiary/aromatic N) is 3. The lowest BCUT2D eigenvalue weighted by Crippen LogP contribution is -2.39. The van der Waals surface area contributed by atoms with E-state index >= 15 is 0 Å². The highest BCUT2D eigenvalue weighted by Gasteiger charge is 2.37. The first-order valence-corrected chi connectivity index (χ1v) is 12.4. The Bertz CT molecular complexity index is 1140. The second-order valence-corrected chi connectivity index (χ2v) is 10.1. The number of carbonyl (C=O) groups excluding carboxylic acids is 2. The third kappa shape index (κ3) is 6.53. The van der Waals surface area contributed by atoms with Gasteiger partial charge in [0.15, 0.2) is 5.01 Å². The summed E-state index contributed by atoms with van der Waals surface area (Å²) in [5, 5.41) is 14.1. The van der Waals surface area contributed by atoms with E-state index in [9.17, 15) is 36.6 Å². The number of halogens is 5. The van der Waals surface area contributed by atoms with Crippen LogP contribution in [0.1, 0.15) is 72.8 Å². The van der Waals surface area contributed by atoms with Crippen LogP contribution >= 0.6 is 11.3 Å². The van der Waals surface area contributed by atoms with Gasteiger partial charge in [-0.25, -0.2) is 18.7 Å². The number of likely N-dealkylation sites (tertiary alicyclic amines) is 1. The van der Waals surface area contributed by atoms with Crippen LogP contribution in [0.2, 0.25) is 0 Å². The van der Waals surface area contributed by atoms with Crippen molar-refractivity contribution >= 4 is 29.0 Å². The average Bonchev–Trinajstić information content (AvgIpc) is 3.44. The van der Waals surface area contributed by atoms with Crippen LogP contribution in [0.15, 0.2) is 12.3 Å². The van der Waals surface area contributed by atoms with Crippen molar-refractivity contribution in [1.29, 1.82) is 0 Å². The summed E-state index contributed by atoms with van der Waals surface area (Å²) < 4.78 is 67.0. The minimum atomic E-state index is -4.62. The molecule has 2 aromatic rings. The molecular formula is C23H28F5N5O3S. The van der Waals surface area contributed by atoms with Crippen molar-refractivity contribution in [3.05, 3.63) is 28.5 Å². The Morgan fingerprint density at radius 2 is 1.92 bits per heavy atom. The minimum Gasteiger partial charge on any atom is -0.391 e. The number of rotatable bonds is 8. The van der Waals surface area contributed by atoms with Gasteiger partial charge in [-0.05, 0) is 46.6 Å². The van der Waals surface area contributed by atoms with Gasteiger partial charge < -0.3 is 20.6 Å². The summed E-state index contributed by atoms with van der Waals surface area (Å²) in [4.78, 5) is 35.7. The van der Waals surface area contributed by atoms with Crippen LogP contribution in [0.25, 0.3) is 10.4 Å². The number of hydrogen-bond acceptors (Lipinski definition) is 7. The maximum atomic E-state index is 14.1. The summed E-state index contributed by atoms with van der Waals surface area (Å²) in [6.07, 6.45) is -6.20. The predicted octanol–water partition coefficient (Wildman–Crippen LogP) is 4.63. The van der Waals surface area contributed by atoms with Crippen molar-refractivity contribution in [2.45, 2.75) is 77.4 Å². The number of anilines is 1. The number of carbonyl (C=O) groups is 2. The molecule has 3 heterocycles. The molecule has 1 fully saturated rings. The van der Waals surface area contributed by atoms with Crippen molar-refractivity contribution in [1.82, 2.24) is 20.2 Å². The highest BCUT2D eigenvalue weighted by molar-refractivity contribution is 7.17. The first kappa shape index (κ1) is 28.7. The Balaban J connectivity index is 2.09. The van der Waals surface area contributed by atoms with Crippen LogP contribution in [0, 0.1) is 0 Å². The van der Waals surface area contributed by atoms with E-state index in [0.717, 1.165) is 32.0 Å². The monoisotopic (exact) mass is 549 g/mol. The van der Waals surface area contributed by atoms with Gasteiger partial charge in [-0.1, -0.05) is 0 Å². The molecule has 0 saturated carbocycles. The lowest BCUT2D eigenvalue weighted by Gasteiger charge is -2.21. The highest BCUT2D eigenvalue weighted by Crippen LogP contribution is 2.39. The molecule has 8 nitrogen and oxygen atoms in total. The van der Waals surface area contributed by atoms with Gasteiger partial charge in [0.1, 0.15) is 17.6 Å². The van der Waals surface area contributed by atoms with E-state index in [4.69, 9.17) is 0 Å². The van der Waals surface area contributed by atoms with Crippen molar-refractivity contribution < 1.29 is 36.6 Å². The van der Waals surface area contributed by atoms with Crippen LogP contribution in [0.4, 0.5) is 27.8 Å². The minimum absolute atomic E-state index is 0.0443. The van der Waals surface area contributed by atoms with E-state index < -0.39 is 54.0 Å². The molecule has 3 rings (SSSR count). The summed E-state index contributed by atoms with van der Waals surface area (Å²) in [6, 6.07) is -2.03. The van der Waals surface area contributed by atoms with Gasteiger partial charge in [-0.2, -0.15) is 13.2 Å². The van der Waals surface area contributed by atoms with Gasteiger partial charge in [-0.15, -0.1) is 11.3 Å². The molecule has 0 unspecified atom stereocenters. The topological polar surface area (TPSA) is 107 Å². The molecular weight excluding hydrogens is 521 g/mol. The van der Waals surface area contributed by atoms with Crippen LogP contribution < -0.4 is 10.6 Å². The maximum Gasteiger partial charge on any atom is 0.408 e. The molecule has 1 aliphatic rings. The summed E-state index contributed by atoms with van der Waals surface area (Å²) in [7, 11) is 0. The SMILES string of the molecule is C[C@H](Nc1cc(C(F)F)c(-c2sc(C(=O)N[C@H](C)[C@@H](C)O)nc2C(=O)N2CCC[C@@H]2C)cn1)C(F)(F)F. The molecule has 14 heteroatoms. The molecule has 1 aliphatic heterocycles. The van der Waals surface area contributed by atoms with Gasteiger partial charge in [0, 0.05) is 29.9 Å². The fourth-order valence-corrected chi connectivity index (χ4v) is 4.72. The molecule has 0 bridgehead atoms. The van der Waals surface area contributed by atoms with E-state index in [1.807, 2.05) is 6.92 Å². The summed E-state index contributed by atoms with van der Waals surface area (Å²) in [5.41, 5.74) is -1.10. The number of thiazole rings is 1. The van der Waals surface area contributed by atoms with E-state index in [0.29, 0.717) is 17.9 Å². The average molecular weight is 550 g/mol. The van der Waals surface area contributed by atoms with Crippen LogP contribution in [0.5, 0.6) is 0 Å². The number of aliphatic hydroxyl groups excluding tert-OH is 1. The number of pyridine rings is 1. The van der Waals surface area contributed by atoms with Crippen LogP contribution in [-0.2, 0) is 0 Å². The molecule has 37 heavy (non-hydrogen) atoms. The van der Waals surface area contributed by atoms with E-state index in [1.165, 1.54) is 11.8 Å². The third-order valence-electron chi connectivity index (χ3n) is 6.19. The summed E-state index contributed by atoms with van der Waals surface area (Å²) in [5.74, 6) is -1.68. The number of hydrogen-bond donors (Lipinski definition) is 3. The molecule has 0 spiro atoms. The van der Waals surface area contributed by atoms with Crippen molar-refractivity contribution in [3.63, 3.8) is 0 Å². The standard InChI is InChI=1S/C23H28F5N5O3S/c1-10-6-5-7-33(10)22(36)17-18(37-21(32-17)20(35)30-11(2)12(3)34)15-9-29-16(8-14(15)19(24)25)31-13(4)23(26,27)28/h8-13,19,34H,5-7H2,1-4H3,(H,29,31)(H,30,35)/t10-,11+,12+,13-/m0/s1. The smallest absolute Gasteiger partial charge is 0.391 e. The van der Waals surface area contributed by atoms with Crippen LogP contribution in [-0.4, -0.2) is 68.7 Å². The first-order valence-electron chi connectivity index (χ1n) is 11.6. The lowest BCUT2D eigenvalue weighted by molar-refractivity contribution is -0.138. The predicted molar refractivity (Wildman–Crippen MR) is 128 cm³/mol. The zero-order valence-corrected chi connectivity index (χ0v) is 21.4. The van der Waals surface area contributed by atoms with Gasteiger partial charge in [0.2, 0.25) is 0 Å². The Hall–Kier alpha value is -2.87. The quantitative estimate of drug-likeness (QED) is 0.415. The lowest BCUT2D eigenvalue weighted by atomic mass is 10.1. The number of alkyl halides is 5. The second kappa shape index (κ2) is 11.3. The molecule has 0 aliphatic carbocycles. The van der Waals surface area contributed by atoms with Gasteiger partial charge in [-0.3, -0.25) is 9.59 Å². The maximum absolute atomic E-state index is 14.1. The van der Waals surface area contributed by atoms with E-state index in [1.54, 1.807) is 6.92 Å². The van der Waals surface area contributed by atoms with Gasteiger partial charge in [0.05, 0.1) is 17.0 Å². The zero-order valence-electron chi connectivity index (χ0n) is 20.6. The molecule has 1 saturated heterocycles. The Morgan fingerprint density at radius 1 is 1.24 bits per heavy atom. The van der Waals surface area contributed by atoms with Crippen molar-refractivity contribution in [2.24, 2.45) is 0 Å². The largest absolute Gasteiger partial charge is 0.408 e. The van der Waals surface area contributed by atoms with Gasteiger partial charge in [0.25, 0.3) is 18.2 Å². The number of nitrogens with one attached hydrogen (secondary N) is 2. The number of aliphatic hydroxyl groups is 1. The summed E-state index contributed by atoms with van der Waals surface area (Å²) >= 11 is 0.692. The van der Waals surface area contributed by atoms with Crippen LogP contribution in [0.3, 0.4) is 0 Å². The Labute approximate surface area is 214 Å². The van der Waals surface area contributed by atoms with Crippen molar-refractivity contribution in [3.8, 4) is 10.4 Å². The molecule has 3 N–H and O–H groups in total. The van der Waals surface area contributed by atoms with E-state index in [-0.39, 0.29) is 27.2 Å². The third-order valence-corrected chi connectivity index (χ3v) is 7.28. The molecule has 0 aromatic carbocycles. The Morgan fingerprint density at radius 3 is 2.46 bits per heavy atom. The molecule has 2 aromatic heterocycles. The van der Waals surface area contributed by atoms with Crippen molar-refractivity contribution in [2.75, 3.05) is 11.9 Å². The normalized spacial score (nSPS) is 18.6. The molecule has 0 radical (unpaired) electrons. The number of amides is 2. The van der Waals surface area contributed by atoms with E-state index in [2.05, 4.69) is 20.6 Å². The highest BCUT2D eigenvalue weighted by atomic mass is 32.1. The number of aromatic nitrogens is 2. The fraction of sp³-hybridized carbons (Fsp3) is 0.565.